The number of hydrogen-bond acceptors (Lipinski definition) is 4. The van der Waals surface area contributed by atoms with Crippen molar-refractivity contribution in [3.8, 4) is 5.75 Å². The van der Waals surface area contributed by atoms with Crippen LogP contribution in [-0.2, 0) is 6.42 Å². The third kappa shape index (κ3) is 6.08. The van der Waals surface area contributed by atoms with Crippen molar-refractivity contribution in [1.29, 1.82) is 0 Å². The minimum Gasteiger partial charge on any atom is -0.490 e. The van der Waals surface area contributed by atoms with Gasteiger partial charge in [-0.25, -0.2) is 0 Å². The summed E-state index contributed by atoms with van der Waals surface area (Å²) in [6.45, 7) is 4.89. The van der Waals surface area contributed by atoms with Gasteiger partial charge in [0.05, 0.1) is 6.61 Å². The molecule has 2 aromatic carbocycles. The Morgan fingerprint density at radius 1 is 1.14 bits per heavy atom. The maximum Gasteiger partial charge on any atom is 0.251 e. The van der Waals surface area contributed by atoms with Crippen LogP contribution in [-0.4, -0.2) is 54.3 Å². The van der Waals surface area contributed by atoms with E-state index in [1.165, 1.54) is 5.56 Å². The van der Waals surface area contributed by atoms with Crippen LogP contribution in [0.4, 0.5) is 0 Å². The van der Waals surface area contributed by atoms with Crippen molar-refractivity contribution in [1.82, 2.24) is 10.2 Å². The molecule has 3 rings (SSSR count). The molecule has 1 atom stereocenters. The number of aliphatic hydroxyl groups is 1. The molecule has 1 aliphatic heterocycles. The monoisotopic (exact) mass is 382 g/mol. The van der Waals surface area contributed by atoms with E-state index in [9.17, 15) is 4.79 Å². The van der Waals surface area contributed by atoms with Crippen LogP contribution >= 0.6 is 0 Å². The Labute approximate surface area is 167 Å². The van der Waals surface area contributed by atoms with Crippen LogP contribution in [0.25, 0.3) is 0 Å². The molecular weight excluding hydrogens is 352 g/mol. The SMILES string of the molecule is C[C@H](CO)NC(=O)c1ccc(OC2CCN(CCc3ccccc3)CC2)cc1. The van der Waals surface area contributed by atoms with Crippen LogP contribution in [0.15, 0.2) is 54.6 Å². The standard InChI is InChI=1S/C23H30N2O3/c1-18(17-26)24-23(27)20-7-9-21(10-8-20)28-22-12-15-25(16-13-22)14-11-19-5-3-2-4-6-19/h2-10,18,22,26H,11-17H2,1H3,(H,24,27)/t18-/m1/s1. The summed E-state index contributed by atoms with van der Waals surface area (Å²) < 4.78 is 6.11. The van der Waals surface area contributed by atoms with Gasteiger partial charge in [0.2, 0.25) is 0 Å². The topological polar surface area (TPSA) is 61.8 Å². The number of nitrogens with zero attached hydrogens (tertiary/aromatic N) is 1. The predicted octanol–water partition coefficient (Wildman–Crippen LogP) is 2.88. The summed E-state index contributed by atoms with van der Waals surface area (Å²) in [5.74, 6) is 0.620. The fourth-order valence-corrected chi connectivity index (χ4v) is 3.41. The van der Waals surface area contributed by atoms with Gasteiger partial charge in [-0.3, -0.25) is 4.79 Å². The summed E-state index contributed by atoms with van der Waals surface area (Å²) in [5.41, 5.74) is 1.96. The second kappa shape index (κ2) is 10.2. The van der Waals surface area contributed by atoms with E-state index in [-0.39, 0.29) is 24.7 Å². The molecule has 1 amide bonds. The van der Waals surface area contributed by atoms with Gasteiger partial charge in [-0.1, -0.05) is 30.3 Å². The molecule has 1 heterocycles. The smallest absolute Gasteiger partial charge is 0.251 e. The molecule has 1 fully saturated rings. The molecule has 0 aliphatic carbocycles. The molecule has 2 aromatic rings. The molecule has 5 heteroatoms. The molecule has 1 saturated heterocycles. The number of aliphatic hydroxyl groups excluding tert-OH is 1. The second-order valence-electron chi connectivity index (χ2n) is 7.48. The van der Waals surface area contributed by atoms with Crippen LogP contribution in [0.1, 0.15) is 35.7 Å². The highest BCUT2D eigenvalue weighted by molar-refractivity contribution is 5.94. The first-order chi connectivity index (χ1) is 13.6. The third-order valence-corrected chi connectivity index (χ3v) is 5.16. The highest BCUT2D eigenvalue weighted by Gasteiger charge is 2.20. The first-order valence-corrected chi connectivity index (χ1v) is 10.1. The molecule has 28 heavy (non-hydrogen) atoms. The normalized spacial score (nSPS) is 16.5. The average molecular weight is 383 g/mol. The quantitative estimate of drug-likeness (QED) is 0.737. The number of nitrogens with one attached hydrogen (secondary N) is 1. The molecule has 150 valence electrons. The maximum atomic E-state index is 12.0. The van der Waals surface area contributed by atoms with Crippen molar-refractivity contribution in [2.75, 3.05) is 26.2 Å². The summed E-state index contributed by atoms with van der Waals surface area (Å²) >= 11 is 0. The van der Waals surface area contributed by atoms with E-state index < -0.39 is 0 Å². The molecule has 0 unspecified atom stereocenters. The molecule has 0 spiro atoms. The van der Waals surface area contributed by atoms with Gasteiger partial charge in [0, 0.05) is 31.2 Å². The lowest BCUT2D eigenvalue weighted by Gasteiger charge is -2.32. The van der Waals surface area contributed by atoms with Gasteiger partial charge in [0.15, 0.2) is 0 Å². The van der Waals surface area contributed by atoms with Crippen molar-refractivity contribution in [2.24, 2.45) is 0 Å². The van der Waals surface area contributed by atoms with Crippen molar-refractivity contribution in [3.05, 3.63) is 65.7 Å². The summed E-state index contributed by atoms with van der Waals surface area (Å²) in [7, 11) is 0. The number of carbonyl (C=O) groups excluding carboxylic acids is 1. The lowest BCUT2D eigenvalue weighted by atomic mass is 10.1. The fraction of sp³-hybridized carbons (Fsp3) is 0.435. The molecule has 0 bridgehead atoms. The molecule has 0 aromatic heterocycles. The third-order valence-electron chi connectivity index (χ3n) is 5.16. The lowest BCUT2D eigenvalue weighted by molar-refractivity contribution is 0.0921. The van der Waals surface area contributed by atoms with E-state index in [1.807, 2.05) is 12.1 Å². The van der Waals surface area contributed by atoms with Gasteiger partial charge in [-0.05, 0) is 56.0 Å². The van der Waals surface area contributed by atoms with E-state index >= 15 is 0 Å². The Balaban J connectivity index is 1.41. The number of amides is 1. The number of piperidine rings is 1. The fourth-order valence-electron chi connectivity index (χ4n) is 3.41. The van der Waals surface area contributed by atoms with Gasteiger partial charge in [-0.2, -0.15) is 0 Å². The summed E-state index contributed by atoms with van der Waals surface area (Å²) in [6.07, 6.45) is 3.35. The lowest BCUT2D eigenvalue weighted by Crippen LogP contribution is -2.39. The number of benzene rings is 2. The highest BCUT2D eigenvalue weighted by atomic mass is 16.5. The number of ether oxygens (including phenoxy) is 1. The first-order valence-electron chi connectivity index (χ1n) is 10.1. The first kappa shape index (κ1) is 20.4. The van der Waals surface area contributed by atoms with Crippen molar-refractivity contribution in [2.45, 2.75) is 38.3 Å². The van der Waals surface area contributed by atoms with Gasteiger partial charge in [-0.15, -0.1) is 0 Å². The van der Waals surface area contributed by atoms with Crippen LogP contribution in [0, 0.1) is 0 Å². The van der Waals surface area contributed by atoms with Crippen LogP contribution in [0.3, 0.4) is 0 Å². The van der Waals surface area contributed by atoms with E-state index in [1.54, 1.807) is 19.1 Å². The van der Waals surface area contributed by atoms with Gasteiger partial charge in [0.25, 0.3) is 5.91 Å². The number of likely N-dealkylation sites (tertiary alicyclic amines) is 1. The van der Waals surface area contributed by atoms with Crippen molar-refractivity contribution in [3.63, 3.8) is 0 Å². The van der Waals surface area contributed by atoms with Crippen molar-refractivity contribution < 1.29 is 14.6 Å². The zero-order valence-corrected chi connectivity index (χ0v) is 16.5. The summed E-state index contributed by atoms with van der Waals surface area (Å²) in [5, 5.41) is 11.8. The van der Waals surface area contributed by atoms with Gasteiger partial charge in [0.1, 0.15) is 11.9 Å². The molecule has 5 nitrogen and oxygen atoms in total. The van der Waals surface area contributed by atoms with Crippen molar-refractivity contribution >= 4 is 5.91 Å². The Bertz CT molecular complexity index is 725. The van der Waals surface area contributed by atoms with Crippen LogP contribution in [0.5, 0.6) is 5.75 Å². The minimum atomic E-state index is -0.254. The second-order valence-corrected chi connectivity index (χ2v) is 7.48. The van der Waals surface area contributed by atoms with Gasteiger partial charge < -0.3 is 20.1 Å². The Hall–Kier alpha value is -2.37. The number of hydrogen-bond donors (Lipinski definition) is 2. The zero-order chi connectivity index (χ0) is 19.8. The number of rotatable bonds is 8. The predicted molar refractivity (Wildman–Crippen MR) is 111 cm³/mol. The highest BCUT2D eigenvalue weighted by Crippen LogP contribution is 2.20. The maximum absolute atomic E-state index is 12.0. The molecule has 1 aliphatic rings. The summed E-state index contributed by atoms with van der Waals surface area (Å²) in [6, 6.07) is 17.6. The molecule has 0 radical (unpaired) electrons. The minimum absolute atomic E-state index is 0.0724. The molecule has 0 saturated carbocycles. The van der Waals surface area contributed by atoms with E-state index in [4.69, 9.17) is 9.84 Å². The largest absolute Gasteiger partial charge is 0.490 e. The summed E-state index contributed by atoms with van der Waals surface area (Å²) in [4.78, 5) is 14.5. The van der Waals surface area contributed by atoms with Crippen LogP contribution in [0.2, 0.25) is 0 Å². The Morgan fingerprint density at radius 3 is 2.46 bits per heavy atom. The molecular formula is C23H30N2O3. The zero-order valence-electron chi connectivity index (χ0n) is 16.5. The average Bonchev–Trinajstić information content (AvgIpc) is 2.74. The van der Waals surface area contributed by atoms with Crippen LogP contribution < -0.4 is 10.1 Å². The molecule has 2 N–H and O–H groups in total. The van der Waals surface area contributed by atoms with E-state index in [0.29, 0.717) is 5.56 Å². The van der Waals surface area contributed by atoms with Gasteiger partial charge >= 0.3 is 0 Å². The Kier molecular flexibility index (Phi) is 7.46. The Morgan fingerprint density at radius 2 is 1.82 bits per heavy atom. The van der Waals surface area contributed by atoms with E-state index in [0.717, 1.165) is 44.6 Å². The number of carbonyl (C=O) groups is 1. The van der Waals surface area contributed by atoms with E-state index in [2.05, 4.69) is 40.5 Å².